The monoisotopic (exact) mass is 383 g/mol. The summed E-state index contributed by atoms with van der Waals surface area (Å²) in [4.78, 5) is 16.6. The number of allylic oxidation sites excluding steroid dienone is 1. The van der Waals surface area contributed by atoms with Crippen LogP contribution in [-0.4, -0.2) is 40.6 Å². The fourth-order valence-corrected chi connectivity index (χ4v) is 2.76. The highest BCUT2D eigenvalue weighted by Gasteiger charge is 2.14. The van der Waals surface area contributed by atoms with E-state index in [2.05, 4.69) is 5.16 Å². The highest BCUT2D eigenvalue weighted by molar-refractivity contribution is 5.97. The van der Waals surface area contributed by atoms with E-state index in [4.69, 9.17) is 19.0 Å². The first-order valence-electron chi connectivity index (χ1n) is 8.78. The summed E-state index contributed by atoms with van der Waals surface area (Å²) in [5.41, 5.74) is 3.72. The zero-order chi connectivity index (χ0) is 20.4. The van der Waals surface area contributed by atoms with E-state index in [0.717, 1.165) is 33.8 Å². The van der Waals surface area contributed by atoms with E-state index >= 15 is 0 Å². The first kappa shape index (κ1) is 21.0. The molecule has 148 valence electrons. The van der Waals surface area contributed by atoms with E-state index in [1.54, 1.807) is 20.4 Å². The number of oxime groups is 1. The Balaban J connectivity index is 2.59. The van der Waals surface area contributed by atoms with Gasteiger partial charge in [-0.1, -0.05) is 29.4 Å². The molecule has 0 spiro atoms. The maximum Gasteiger partial charge on any atom is 0.305 e. The quantitative estimate of drug-likeness (QED) is 0.371. The summed E-state index contributed by atoms with van der Waals surface area (Å²) in [6, 6.07) is 15.5. The number of nitrogens with zero attached hydrogens (tertiary/aromatic N) is 1. The summed E-state index contributed by atoms with van der Waals surface area (Å²) in [6.07, 6.45) is 2.32. The largest absolute Gasteiger partial charge is 0.497 e. The van der Waals surface area contributed by atoms with Crippen molar-refractivity contribution in [3.05, 3.63) is 65.2 Å². The molecule has 2 rings (SSSR count). The van der Waals surface area contributed by atoms with Crippen molar-refractivity contribution < 1.29 is 23.8 Å². The lowest BCUT2D eigenvalue weighted by atomic mass is 9.91. The number of hydrogen-bond donors (Lipinski definition) is 0. The van der Waals surface area contributed by atoms with Crippen molar-refractivity contribution in [1.82, 2.24) is 0 Å². The van der Waals surface area contributed by atoms with Gasteiger partial charge in [0.25, 0.3) is 0 Å². The van der Waals surface area contributed by atoms with Gasteiger partial charge in [0.1, 0.15) is 18.6 Å². The van der Waals surface area contributed by atoms with E-state index in [1.165, 1.54) is 14.2 Å². The van der Waals surface area contributed by atoms with Gasteiger partial charge in [0.05, 0.1) is 27.5 Å². The Morgan fingerprint density at radius 3 is 1.71 bits per heavy atom. The molecule has 0 radical (unpaired) electrons. The number of rotatable bonds is 9. The topological polar surface area (TPSA) is 66.4 Å². The van der Waals surface area contributed by atoms with Gasteiger partial charge in [0.2, 0.25) is 0 Å². The molecule has 0 saturated heterocycles. The molecule has 28 heavy (non-hydrogen) atoms. The minimum atomic E-state index is -0.285. The molecule has 6 nitrogen and oxygen atoms in total. The van der Waals surface area contributed by atoms with Crippen LogP contribution in [0.25, 0.3) is 5.57 Å². The number of carbonyl (C=O) groups is 1. The van der Waals surface area contributed by atoms with Crippen LogP contribution < -0.4 is 9.47 Å². The van der Waals surface area contributed by atoms with Crippen LogP contribution in [-0.2, 0) is 14.4 Å². The molecule has 0 atom stereocenters. The fourth-order valence-electron chi connectivity index (χ4n) is 2.76. The second kappa shape index (κ2) is 10.8. The average Bonchev–Trinajstić information content (AvgIpc) is 2.75. The predicted octanol–water partition coefficient (Wildman–Crippen LogP) is 4.09. The summed E-state index contributed by atoms with van der Waals surface area (Å²) < 4.78 is 15.3. The predicted molar refractivity (Wildman–Crippen MR) is 109 cm³/mol. The molecule has 0 aromatic heterocycles. The smallest absolute Gasteiger partial charge is 0.305 e. The Morgan fingerprint density at radius 2 is 1.32 bits per heavy atom. The lowest BCUT2D eigenvalue weighted by Crippen LogP contribution is -2.04. The Kier molecular flexibility index (Phi) is 8.09. The first-order valence-corrected chi connectivity index (χ1v) is 8.78. The average molecular weight is 383 g/mol. The van der Waals surface area contributed by atoms with Crippen LogP contribution >= 0.6 is 0 Å². The van der Waals surface area contributed by atoms with E-state index in [0.29, 0.717) is 6.42 Å². The summed E-state index contributed by atoms with van der Waals surface area (Å²) in [6.45, 7) is 0. The van der Waals surface area contributed by atoms with Crippen LogP contribution in [0.15, 0.2) is 59.3 Å². The normalized spacial score (nSPS) is 10.4. The van der Waals surface area contributed by atoms with E-state index in [9.17, 15) is 4.79 Å². The summed E-state index contributed by atoms with van der Waals surface area (Å²) in [7, 11) is 6.11. The van der Waals surface area contributed by atoms with Gasteiger partial charge in [-0.3, -0.25) is 4.79 Å². The van der Waals surface area contributed by atoms with Crippen molar-refractivity contribution in [2.24, 2.45) is 5.16 Å². The Hall–Kier alpha value is -3.28. The van der Waals surface area contributed by atoms with Gasteiger partial charge in [-0.2, -0.15) is 0 Å². The third kappa shape index (κ3) is 5.61. The van der Waals surface area contributed by atoms with Crippen LogP contribution in [0, 0.1) is 0 Å². The number of benzene rings is 2. The zero-order valence-electron chi connectivity index (χ0n) is 16.6. The van der Waals surface area contributed by atoms with Crippen molar-refractivity contribution in [3.63, 3.8) is 0 Å². The molecule has 0 aliphatic heterocycles. The molecule has 2 aromatic rings. The van der Waals surface area contributed by atoms with E-state index in [1.807, 2.05) is 48.5 Å². The number of carbonyl (C=O) groups excluding carboxylic acids is 1. The Bertz CT molecular complexity index is 774. The molecule has 0 aliphatic rings. The van der Waals surface area contributed by atoms with Gasteiger partial charge >= 0.3 is 5.97 Å². The van der Waals surface area contributed by atoms with Crippen LogP contribution in [0.5, 0.6) is 11.5 Å². The summed E-state index contributed by atoms with van der Waals surface area (Å²) >= 11 is 0. The molecular weight excluding hydrogens is 358 g/mol. The maximum absolute atomic E-state index is 11.7. The van der Waals surface area contributed by atoms with Gasteiger partial charge in [-0.25, -0.2) is 0 Å². The highest BCUT2D eigenvalue weighted by Crippen LogP contribution is 2.31. The molecule has 0 amide bonds. The summed E-state index contributed by atoms with van der Waals surface area (Å²) in [5, 5.41) is 3.93. The van der Waals surface area contributed by atoms with Crippen molar-refractivity contribution in [3.8, 4) is 11.5 Å². The minimum Gasteiger partial charge on any atom is -0.497 e. The molecule has 0 N–H and O–H groups in total. The fraction of sp³-hybridized carbons (Fsp3) is 0.273. The highest BCUT2D eigenvalue weighted by atomic mass is 16.6. The van der Waals surface area contributed by atoms with Crippen LogP contribution in [0.2, 0.25) is 0 Å². The van der Waals surface area contributed by atoms with E-state index < -0.39 is 0 Å². The molecule has 0 bridgehead atoms. The van der Waals surface area contributed by atoms with Crippen molar-refractivity contribution in [2.45, 2.75) is 12.8 Å². The summed E-state index contributed by atoms with van der Waals surface area (Å²) in [5.74, 6) is 1.24. The van der Waals surface area contributed by atoms with Gasteiger partial charge in [0.15, 0.2) is 0 Å². The second-order valence-electron chi connectivity index (χ2n) is 5.85. The van der Waals surface area contributed by atoms with Crippen molar-refractivity contribution in [2.75, 3.05) is 28.4 Å². The van der Waals surface area contributed by atoms with Crippen LogP contribution in [0.4, 0.5) is 0 Å². The van der Waals surface area contributed by atoms with Crippen LogP contribution in [0.1, 0.15) is 24.0 Å². The van der Waals surface area contributed by atoms with Gasteiger partial charge in [-0.15, -0.1) is 0 Å². The number of esters is 1. The molecule has 0 saturated carbocycles. The number of ether oxygens (including phenoxy) is 3. The van der Waals surface area contributed by atoms with E-state index in [-0.39, 0.29) is 12.4 Å². The molecule has 0 aliphatic carbocycles. The number of hydrogen-bond acceptors (Lipinski definition) is 6. The molecule has 2 aromatic carbocycles. The standard InChI is InChI=1S/C22H25NO5/c1-25-19-10-5-16(6-11-19)22(17-7-12-20(26-2)13-8-17)18(15-23-28-4)9-14-21(24)27-3/h5-8,10-13,15H,9,14H2,1-4H3/b23-15+. The Morgan fingerprint density at radius 1 is 0.821 bits per heavy atom. The molecule has 6 heteroatoms. The van der Waals surface area contributed by atoms with Gasteiger partial charge < -0.3 is 19.0 Å². The lowest BCUT2D eigenvalue weighted by Gasteiger charge is -2.15. The van der Waals surface area contributed by atoms with Crippen LogP contribution in [0.3, 0.4) is 0 Å². The third-order valence-electron chi connectivity index (χ3n) is 4.22. The minimum absolute atomic E-state index is 0.234. The third-order valence-corrected chi connectivity index (χ3v) is 4.22. The first-order chi connectivity index (χ1) is 13.6. The van der Waals surface area contributed by atoms with Gasteiger partial charge in [-0.05, 0) is 53.0 Å². The zero-order valence-corrected chi connectivity index (χ0v) is 16.6. The second-order valence-corrected chi connectivity index (χ2v) is 5.85. The molecule has 0 unspecified atom stereocenters. The SMILES string of the molecule is CO/N=C/C(CCC(=O)OC)=C(c1ccc(OC)cc1)c1ccc(OC)cc1. The van der Waals surface area contributed by atoms with Crippen molar-refractivity contribution in [1.29, 1.82) is 0 Å². The molecule has 0 heterocycles. The number of methoxy groups -OCH3 is 3. The Labute approximate surface area is 165 Å². The maximum atomic E-state index is 11.7. The van der Waals surface area contributed by atoms with Gasteiger partial charge in [0, 0.05) is 6.42 Å². The lowest BCUT2D eigenvalue weighted by molar-refractivity contribution is -0.140. The molecule has 0 fully saturated rings. The molecular formula is C22H25NO5. The van der Waals surface area contributed by atoms with Crippen molar-refractivity contribution >= 4 is 17.8 Å².